The van der Waals surface area contributed by atoms with Gasteiger partial charge in [-0.2, -0.15) is 5.10 Å². The van der Waals surface area contributed by atoms with Crippen LogP contribution in [-0.4, -0.2) is 20.3 Å². The zero-order chi connectivity index (χ0) is 18.7. The van der Waals surface area contributed by atoms with E-state index in [0.29, 0.717) is 26.9 Å². The predicted octanol–water partition coefficient (Wildman–Crippen LogP) is 3.80. The monoisotopic (exact) mass is 454 g/mol. The minimum absolute atomic E-state index is 0.106. The number of anilines is 1. The average molecular weight is 456 g/mol. The summed E-state index contributed by atoms with van der Waals surface area (Å²) >= 11 is 15.4. The van der Waals surface area contributed by atoms with E-state index in [-0.39, 0.29) is 18.0 Å². The molecule has 134 valence electrons. The first-order valence-electron chi connectivity index (χ1n) is 7.54. The third-order valence-electron chi connectivity index (χ3n) is 3.58. The summed E-state index contributed by atoms with van der Waals surface area (Å²) in [6.45, 7) is 0.264. The van der Waals surface area contributed by atoms with E-state index in [1.165, 1.54) is 10.6 Å². The fourth-order valence-corrected chi connectivity index (χ4v) is 3.19. The number of amides is 1. The topological polar surface area (TPSA) is 68.9 Å². The molecule has 3 aromatic rings. The molecule has 0 unspecified atom stereocenters. The standard InChI is InChI=1S/C17H13BrCl2N4O2/c18-12-2-4-17(26)23(9-12)10-16(25)22-15-5-6-21-24(15)8-11-1-3-13(19)7-14(11)20/h1-7,9H,8,10H2,(H,22,25). The van der Waals surface area contributed by atoms with Gasteiger partial charge in [0.25, 0.3) is 5.56 Å². The Kier molecular flexibility index (Phi) is 5.80. The van der Waals surface area contributed by atoms with Gasteiger partial charge in [-0.05, 0) is 39.7 Å². The van der Waals surface area contributed by atoms with Crippen LogP contribution in [0, 0.1) is 0 Å². The summed E-state index contributed by atoms with van der Waals surface area (Å²) in [5.41, 5.74) is 0.559. The van der Waals surface area contributed by atoms with E-state index in [4.69, 9.17) is 23.2 Å². The van der Waals surface area contributed by atoms with Crippen molar-refractivity contribution >= 4 is 50.9 Å². The molecule has 26 heavy (non-hydrogen) atoms. The van der Waals surface area contributed by atoms with Crippen molar-refractivity contribution < 1.29 is 4.79 Å². The molecule has 0 saturated heterocycles. The molecule has 2 aromatic heterocycles. The van der Waals surface area contributed by atoms with Crippen LogP contribution < -0.4 is 10.9 Å². The van der Waals surface area contributed by atoms with Crippen molar-refractivity contribution in [3.05, 3.63) is 79.2 Å². The lowest BCUT2D eigenvalue weighted by Crippen LogP contribution is -2.27. The van der Waals surface area contributed by atoms with Crippen molar-refractivity contribution in [2.45, 2.75) is 13.1 Å². The highest BCUT2D eigenvalue weighted by Gasteiger charge is 2.11. The number of nitrogens with zero attached hydrogens (tertiary/aromatic N) is 3. The van der Waals surface area contributed by atoms with E-state index in [2.05, 4.69) is 26.3 Å². The summed E-state index contributed by atoms with van der Waals surface area (Å²) in [4.78, 5) is 24.1. The molecule has 0 aliphatic carbocycles. The molecule has 1 amide bonds. The third kappa shape index (κ3) is 4.55. The van der Waals surface area contributed by atoms with E-state index in [1.54, 1.807) is 47.4 Å². The molecule has 0 fully saturated rings. The number of halogens is 3. The van der Waals surface area contributed by atoms with Gasteiger partial charge >= 0.3 is 0 Å². The molecule has 1 aromatic carbocycles. The second-order valence-electron chi connectivity index (χ2n) is 5.47. The summed E-state index contributed by atoms with van der Waals surface area (Å²) in [5.74, 6) is 0.165. The number of nitrogens with one attached hydrogen (secondary N) is 1. The van der Waals surface area contributed by atoms with Gasteiger partial charge in [0, 0.05) is 32.8 Å². The van der Waals surface area contributed by atoms with E-state index >= 15 is 0 Å². The zero-order valence-electron chi connectivity index (χ0n) is 13.3. The SMILES string of the molecule is O=C(Cn1cc(Br)ccc1=O)Nc1ccnn1Cc1ccc(Cl)cc1Cl. The first kappa shape index (κ1) is 18.7. The highest BCUT2D eigenvalue weighted by atomic mass is 79.9. The average Bonchev–Trinajstić information content (AvgIpc) is 3.00. The lowest BCUT2D eigenvalue weighted by Gasteiger charge is -2.11. The summed E-state index contributed by atoms with van der Waals surface area (Å²) < 4.78 is 3.64. The van der Waals surface area contributed by atoms with Gasteiger partial charge in [-0.3, -0.25) is 9.59 Å². The number of aromatic nitrogens is 3. The van der Waals surface area contributed by atoms with Crippen LogP contribution in [0.2, 0.25) is 10.0 Å². The molecule has 0 spiro atoms. The van der Waals surface area contributed by atoms with Gasteiger partial charge in [-0.15, -0.1) is 0 Å². The molecule has 0 bridgehead atoms. The molecular weight excluding hydrogens is 443 g/mol. The van der Waals surface area contributed by atoms with Crippen LogP contribution in [-0.2, 0) is 17.9 Å². The Morgan fingerprint density at radius 3 is 2.77 bits per heavy atom. The summed E-state index contributed by atoms with van der Waals surface area (Å²) in [6, 6.07) is 9.89. The fourth-order valence-electron chi connectivity index (χ4n) is 2.34. The van der Waals surface area contributed by atoms with Gasteiger partial charge in [0.15, 0.2) is 0 Å². The zero-order valence-corrected chi connectivity index (χ0v) is 16.4. The summed E-state index contributed by atoms with van der Waals surface area (Å²) in [6.07, 6.45) is 3.14. The fraction of sp³-hybridized carbons (Fsp3) is 0.118. The number of hydrogen-bond donors (Lipinski definition) is 1. The molecule has 9 heteroatoms. The number of carbonyl (C=O) groups is 1. The van der Waals surface area contributed by atoms with Gasteiger partial charge in [-0.1, -0.05) is 29.3 Å². The molecule has 0 aliphatic rings. The molecule has 0 aliphatic heterocycles. The molecule has 3 rings (SSSR count). The maximum atomic E-state index is 12.3. The molecule has 0 saturated carbocycles. The number of pyridine rings is 1. The first-order chi connectivity index (χ1) is 12.4. The smallest absolute Gasteiger partial charge is 0.251 e. The van der Waals surface area contributed by atoms with Crippen molar-refractivity contribution in [2.75, 3.05) is 5.32 Å². The van der Waals surface area contributed by atoms with Crippen LogP contribution >= 0.6 is 39.1 Å². The Morgan fingerprint density at radius 2 is 2.00 bits per heavy atom. The second-order valence-corrected chi connectivity index (χ2v) is 7.23. The third-order valence-corrected chi connectivity index (χ3v) is 4.64. The van der Waals surface area contributed by atoms with Crippen molar-refractivity contribution in [2.24, 2.45) is 0 Å². The van der Waals surface area contributed by atoms with Gasteiger partial charge in [0.1, 0.15) is 12.4 Å². The van der Waals surface area contributed by atoms with Crippen molar-refractivity contribution in [3.63, 3.8) is 0 Å². The second kappa shape index (κ2) is 8.07. The highest BCUT2D eigenvalue weighted by Crippen LogP contribution is 2.22. The van der Waals surface area contributed by atoms with Crippen LogP contribution in [0.3, 0.4) is 0 Å². The minimum atomic E-state index is -0.339. The van der Waals surface area contributed by atoms with Crippen molar-refractivity contribution in [1.29, 1.82) is 0 Å². The van der Waals surface area contributed by atoms with Crippen LogP contribution in [0.25, 0.3) is 0 Å². The number of benzene rings is 1. The Hall–Kier alpha value is -2.09. The van der Waals surface area contributed by atoms with E-state index in [1.807, 2.05) is 0 Å². The van der Waals surface area contributed by atoms with E-state index in [9.17, 15) is 9.59 Å². The van der Waals surface area contributed by atoms with Gasteiger partial charge in [0.05, 0.1) is 12.7 Å². The Bertz CT molecular complexity index is 1020. The maximum absolute atomic E-state index is 12.3. The van der Waals surface area contributed by atoms with Gasteiger partial charge in [-0.25, -0.2) is 4.68 Å². The van der Waals surface area contributed by atoms with Crippen LogP contribution in [0.4, 0.5) is 5.82 Å². The summed E-state index contributed by atoms with van der Waals surface area (Å²) in [5, 5.41) is 8.02. The van der Waals surface area contributed by atoms with Crippen LogP contribution in [0.1, 0.15) is 5.56 Å². The lowest BCUT2D eigenvalue weighted by molar-refractivity contribution is -0.116. The van der Waals surface area contributed by atoms with Crippen LogP contribution in [0.5, 0.6) is 0 Å². The predicted molar refractivity (Wildman–Crippen MR) is 105 cm³/mol. The minimum Gasteiger partial charge on any atom is -0.309 e. The van der Waals surface area contributed by atoms with Gasteiger partial charge in [0.2, 0.25) is 5.91 Å². The van der Waals surface area contributed by atoms with Crippen LogP contribution in [0.15, 0.2) is 58.1 Å². The highest BCUT2D eigenvalue weighted by molar-refractivity contribution is 9.10. The van der Waals surface area contributed by atoms with E-state index < -0.39 is 0 Å². The molecule has 2 heterocycles. The number of hydrogen-bond acceptors (Lipinski definition) is 3. The first-order valence-corrected chi connectivity index (χ1v) is 9.09. The summed E-state index contributed by atoms with van der Waals surface area (Å²) in [7, 11) is 0. The molecule has 0 atom stereocenters. The molecule has 1 N–H and O–H groups in total. The largest absolute Gasteiger partial charge is 0.309 e. The van der Waals surface area contributed by atoms with E-state index in [0.717, 1.165) is 5.56 Å². The Morgan fingerprint density at radius 1 is 1.19 bits per heavy atom. The quantitative estimate of drug-likeness (QED) is 0.636. The lowest BCUT2D eigenvalue weighted by atomic mass is 10.2. The Labute approximate surface area is 167 Å². The van der Waals surface area contributed by atoms with Gasteiger partial charge < -0.3 is 9.88 Å². The normalized spacial score (nSPS) is 10.7. The Balaban J connectivity index is 1.73. The molecule has 0 radical (unpaired) electrons. The number of carbonyl (C=O) groups excluding carboxylic acids is 1. The molecule has 6 nitrogen and oxygen atoms in total. The van der Waals surface area contributed by atoms with Crippen molar-refractivity contribution in [3.8, 4) is 0 Å². The number of rotatable bonds is 5. The molecular formula is C17H13BrCl2N4O2. The maximum Gasteiger partial charge on any atom is 0.251 e. The van der Waals surface area contributed by atoms with Crippen molar-refractivity contribution in [1.82, 2.24) is 14.3 Å².